The summed E-state index contributed by atoms with van der Waals surface area (Å²) in [6.45, 7) is 0. The van der Waals surface area contributed by atoms with Crippen LogP contribution in [0.15, 0.2) is 156 Å². The van der Waals surface area contributed by atoms with Gasteiger partial charge in [0.2, 0.25) is 0 Å². The number of phenols is 3. The highest BCUT2D eigenvalue weighted by Crippen LogP contribution is 2.27. The van der Waals surface area contributed by atoms with Crippen molar-refractivity contribution in [2.24, 2.45) is 0 Å². The molecule has 268 valence electrons. The minimum atomic E-state index is 0.231. The number of phenolic OH excluding ortho intramolecular Hbond substituents is 3. The van der Waals surface area contributed by atoms with Gasteiger partial charge in [0.25, 0.3) is 0 Å². The van der Waals surface area contributed by atoms with Crippen molar-refractivity contribution >= 4 is 15.9 Å². The molecule has 0 aromatic heterocycles. The molecule has 51 heavy (non-hydrogen) atoms. The number of halogens is 1. The second-order valence-electron chi connectivity index (χ2n) is 9.86. The Hall–Kier alpha value is -6.00. The number of rotatable bonds is 7. The predicted molar refractivity (Wildman–Crippen MR) is 204 cm³/mol. The molecule has 6 aromatic carbocycles. The number of methoxy groups -OCH3 is 5. The molecule has 9 nitrogen and oxygen atoms in total. The van der Waals surface area contributed by atoms with E-state index in [4.69, 9.17) is 43.7 Å². The van der Waals surface area contributed by atoms with Gasteiger partial charge in [-0.2, -0.15) is 0 Å². The van der Waals surface area contributed by atoms with Crippen LogP contribution in [0.2, 0.25) is 0 Å². The maximum atomic E-state index is 8.86. The van der Waals surface area contributed by atoms with E-state index in [0.717, 1.165) is 33.2 Å². The summed E-state index contributed by atoms with van der Waals surface area (Å²) in [5.41, 5.74) is 0. The lowest BCUT2D eigenvalue weighted by atomic mass is 10.3. The van der Waals surface area contributed by atoms with Gasteiger partial charge in [0.05, 0.1) is 35.5 Å². The third-order valence-corrected chi connectivity index (χ3v) is 6.71. The quantitative estimate of drug-likeness (QED) is 0.146. The summed E-state index contributed by atoms with van der Waals surface area (Å²) in [4.78, 5) is 0. The first-order valence-corrected chi connectivity index (χ1v) is 16.1. The van der Waals surface area contributed by atoms with Gasteiger partial charge in [0, 0.05) is 28.7 Å². The zero-order valence-electron chi connectivity index (χ0n) is 29.1. The molecule has 0 saturated heterocycles. The summed E-state index contributed by atoms with van der Waals surface area (Å²) in [6, 6.07) is 44.7. The van der Waals surface area contributed by atoms with Gasteiger partial charge in [-0.25, -0.2) is 0 Å². The standard InChI is InChI=1S/C14H14O3.C7H7BrO.2C7H8O2.C6H6O/c1-15-11-5-3-7-13(9-11)17-14-8-4-6-12(10-14)16-2;3*1-9-7-4-2-3-6(8)5-7;7-6-4-2-1-3-5-6/h3-10H,1-2H3;2-5H,1H3;2*2-5,8H,1H3;1-5,7H. The molecule has 3 N–H and O–H groups in total. The molecule has 0 unspecified atom stereocenters. The Morgan fingerprint density at radius 2 is 0.647 bits per heavy atom. The van der Waals surface area contributed by atoms with Crippen molar-refractivity contribution < 1.29 is 43.7 Å². The predicted octanol–water partition coefficient (Wildman–Crippen LogP) is 10.1. The van der Waals surface area contributed by atoms with Crippen molar-refractivity contribution in [3.63, 3.8) is 0 Å². The minimum Gasteiger partial charge on any atom is -0.508 e. The van der Waals surface area contributed by atoms with Crippen molar-refractivity contribution in [1.82, 2.24) is 0 Å². The minimum absolute atomic E-state index is 0.231. The second kappa shape index (κ2) is 24.2. The van der Waals surface area contributed by atoms with Crippen LogP contribution in [0.5, 0.6) is 57.5 Å². The van der Waals surface area contributed by atoms with Gasteiger partial charge in [0.1, 0.15) is 57.5 Å². The SMILES string of the molecule is COc1cccc(Br)c1.COc1cccc(O)c1.COc1cccc(O)c1.COc1cccc(Oc2cccc(OC)c2)c1.Oc1ccccc1. The fraction of sp³-hybridized carbons (Fsp3) is 0.122. The molecule has 0 radical (unpaired) electrons. The lowest BCUT2D eigenvalue weighted by molar-refractivity contribution is 0.404. The lowest BCUT2D eigenvalue weighted by Gasteiger charge is -2.08. The Bertz CT molecular complexity index is 1660. The molecule has 6 aromatic rings. The van der Waals surface area contributed by atoms with E-state index < -0.39 is 0 Å². The van der Waals surface area contributed by atoms with Gasteiger partial charge in [-0.1, -0.05) is 64.5 Å². The number of para-hydroxylation sites is 1. The van der Waals surface area contributed by atoms with Crippen LogP contribution in [0.4, 0.5) is 0 Å². The fourth-order valence-corrected chi connectivity index (χ4v) is 4.09. The van der Waals surface area contributed by atoms with E-state index in [1.54, 1.807) is 108 Å². The molecular weight excluding hydrogens is 716 g/mol. The first kappa shape index (κ1) is 41.2. The van der Waals surface area contributed by atoms with Crippen molar-refractivity contribution in [2.45, 2.75) is 0 Å². The third-order valence-electron chi connectivity index (χ3n) is 6.21. The Labute approximate surface area is 307 Å². The smallest absolute Gasteiger partial charge is 0.131 e. The van der Waals surface area contributed by atoms with Crippen molar-refractivity contribution in [1.29, 1.82) is 0 Å². The van der Waals surface area contributed by atoms with E-state index in [1.165, 1.54) is 0 Å². The monoisotopic (exact) mass is 758 g/mol. The van der Waals surface area contributed by atoms with E-state index in [0.29, 0.717) is 17.2 Å². The topological polar surface area (TPSA) is 116 Å². The molecule has 0 aliphatic heterocycles. The molecule has 0 atom stereocenters. The lowest BCUT2D eigenvalue weighted by Crippen LogP contribution is -1.88. The molecule has 0 bridgehead atoms. The number of aromatic hydroxyl groups is 3. The second-order valence-corrected chi connectivity index (χ2v) is 10.8. The Morgan fingerprint density at radius 3 is 0.941 bits per heavy atom. The molecule has 0 fully saturated rings. The van der Waals surface area contributed by atoms with Crippen LogP contribution < -0.4 is 28.4 Å². The van der Waals surface area contributed by atoms with E-state index in [-0.39, 0.29) is 11.5 Å². The van der Waals surface area contributed by atoms with Crippen LogP contribution in [0.3, 0.4) is 0 Å². The van der Waals surface area contributed by atoms with Crippen LogP contribution in [0, 0.1) is 0 Å². The average molecular weight is 760 g/mol. The van der Waals surface area contributed by atoms with Crippen molar-refractivity contribution in [3.8, 4) is 57.5 Å². The summed E-state index contributed by atoms with van der Waals surface area (Å²) in [6.07, 6.45) is 0. The van der Waals surface area contributed by atoms with Crippen LogP contribution in [0.25, 0.3) is 0 Å². The third kappa shape index (κ3) is 17.8. The number of hydrogen-bond donors (Lipinski definition) is 3. The maximum Gasteiger partial charge on any atom is 0.131 e. The van der Waals surface area contributed by atoms with Gasteiger partial charge in [-0.15, -0.1) is 0 Å². The number of benzene rings is 6. The van der Waals surface area contributed by atoms with Gasteiger partial charge in [-0.05, 0) is 78.9 Å². The summed E-state index contributed by atoms with van der Waals surface area (Å²) in [5, 5.41) is 26.4. The normalized spacial score (nSPS) is 9.22. The summed E-state index contributed by atoms with van der Waals surface area (Å²) in [7, 11) is 8.04. The molecule has 0 aliphatic rings. The maximum absolute atomic E-state index is 8.86. The zero-order valence-corrected chi connectivity index (χ0v) is 30.7. The average Bonchev–Trinajstić information content (AvgIpc) is 3.16. The molecule has 0 saturated carbocycles. The molecule has 0 heterocycles. The van der Waals surface area contributed by atoms with E-state index in [9.17, 15) is 0 Å². The van der Waals surface area contributed by atoms with E-state index in [1.807, 2.05) is 78.9 Å². The van der Waals surface area contributed by atoms with Crippen molar-refractivity contribution in [2.75, 3.05) is 35.5 Å². The fourth-order valence-electron chi connectivity index (χ4n) is 3.71. The van der Waals surface area contributed by atoms with Crippen LogP contribution in [-0.2, 0) is 0 Å². The summed E-state index contributed by atoms with van der Waals surface area (Å²) < 4.78 is 31.6. The van der Waals surface area contributed by atoms with Crippen LogP contribution >= 0.6 is 15.9 Å². The Kier molecular flexibility index (Phi) is 19.5. The zero-order chi connectivity index (χ0) is 37.3. The Balaban J connectivity index is 0.000000231. The van der Waals surface area contributed by atoms with Gasteiger partial charge in [0.15, 0.2) is 0 Å². The van der Waals surface area contributed by atoms with E-state index in [2.05, 4.69) is 15.9 Å². The number of hydrogen-bond acceptors (Lipinski definition) is 9. The Morgan fingerprint density at radius 1 is 0.333 bits per heavy atom. The first-order valence-electron chi connectivity index (χ1n) is 15.3. The highest BCUT2D eigenvalue weighted by Gasteiger charge is 2.00. The molecule has 10 heteroatoms. The largest absolute Gasteiger partial charge is 0.508 e. The molecule has 0 aliphatic carbocycles. The van der Waals surface area contributed by atoms with Gasteiger partial charge in [-0.3, -0.25) is 0 Å². The molecule has 0 spiro atoms. The highest BCUT2D eigenvalue weighted by atomic mass is 79.9. The molecular formula is C41H43BrO9. The molecule has 0 amide bonds. The van der Waals surface area contributed by atoms with Gasteiger partial charge >= 0.3 is 0 Å². The van der Waals surface area contributed by atoms with Crippen LogP contribution in [-0.4, -0.2) is 50.9 Å². The van der Waals surface area contributed by atoms with E-state index >= 15 is 0 Å². The van der Waals surface area contributed by atoms with Crippen molar-refractivity contribution in [3.05, 3.63) is 156 Å². The molecule has 6 rings (SSSR count). The van der Waals surface area contributed by atoms with Crippen LogP contribution in [0.1, 0.15) is 0 Å². The highest BCUT2D eigenvalue weighted by molar-refractivity contribution is 9.10. The summed E-state index contributed by atoms with van der Waals surface area (Å²) in [5.74, 6) is 6.02. The van der Waals surface area contributed by atoms with Gasteiger partial charge < -0.3 is 43.7 Å². The number of ether oxygens (including phenoxy) is 6. The first-order chi connectivity index (χ1) is 24.7. The summed E-state index contributed by atoms with van der Waals surface area (Å²) >= 11 is 3.32.